The molecule has 0 radical (unpaired) electrons. The van der Waals surface area contributed by atoms with E-state index in [2.05, 4.69) is 0 Å². The van der Waals surface area contributed by atoms with Crippen LogP contribution in [0, 0.1) is 6.92 Å². The third kappa shape index (κ3) is 3.21. The molecule has 0 amide bonds. The van der Waals surface area contributed by atoms with Gasteiger partial charge >= 0.3 is 0 Å². The second-order valence-electron chi connectivity index (χ2n) is 4.25. The van der Waals surface area contributed by atoms with Crippen molar-refractivity contribution in [2.75, 3.05) is 6.54 Å². The first kappa shape index (κ1) is 14.2. The first-order chi connectivity index (χ1) is 9.13. The van der Waals surface area contributed by atoms with E-state index in [0.29, 0.717) is 22.3 Å². The maximum absolute atomic E-state index is 6.12. The van der Waals surface area contributed by atoms with Crippen LogP contribution in [0.15, 0.2) is 42.5 Å². The van der Waals surface area contributed by atoms with Gasteiger partial charge in [-0.2, -0.15) is 0 Å². The quantitative estimate of drug-likeness (QED) is 0.908. The Kier molecular flexibility index (Phi) is 4.70. The molecular weight excluding hydrogens is 281 g/mol. The minimum absolute atomic E-state index is 0.239. The number of aryl methyl sites for hydroxylation is 1. The zero-order valence-corrected chi connectivity index (χ0v) is 12.1. The molecule has 0 heterocycles. The van der Waals surface area contributed by atoms with Crippen molar-refractivity contribution >= 4 is 23.2 Å². The molecule has 19 heavy (non-hydrogen) atoms. The van der Waals surface area contributed by atoms with Crippen molar-refractivity contribution in [2.45, 2.75) is 13.0 Å². The van der Waals surface area contributed by atoms with Crippen LogP contribution in [0.1, 0.15) is 17.2 Å². The predicted octanol–water partition coefficient (Wildman–Crippen LogP) is 4.38. The highest BCUT2D eigenvalue weighted by atomic mass is 35.5. The van der Waals surface area contributed by atoms with Crippen molar-refractivity contribution in [2.24, 2.45) is 5.73 Å². The summed E-state index contributed by atoms with van der Waals surface area (Å²) in [5.41, 5.74) is 8.00. The summed E-state index contributed by atoms with van der Waals surface area (Å²) in [4.78, 5) is 0. The molecule has 1 unspecified atom stereocenters. The zero-order chi connectivity index (χ0) is 13.8. The topological polar surface area (TPSA) is 35.2 Å². The Balaban J connectivity index is 2.30. The Morgan fingerprint density at radius 3 is 2.53 bits per heavy atom. The average Bonchev–Trinajstić information content (AvgIpc) is 2.41. The summed E-state index contributed by atoms with van der Waals surface area (Å²) in [5.74, 6) is 0.549. The summed E-state index contributed by atoms with van der Waals surface area (Å²) in [6, 6.07) is 13.3. The molecule has 0 saturated heterocycles. The standard InChI is InChI=1S/C15H15Cl2NO/c1-10-5-2-3-6-11(10)14(9-18)19-13-8-4-7-12(16)15(13)17/h2-8,14H,9,18H2,1H3. The summed E-state index contributed by atoms with van der Waals surface area (Å²) in [6.45, 7) is 2.40. The van der Waals surface area contributed by atoms with Crippen LogP contribution in [-0.4, -0.2) is 6.54 Å². The Hall–Kier alpha value is -1.22. The van der Waals surface area contributed by atoms with Gasteiger partial charge in [-0.1, -0.05) is 53.5 Å². The molecule has 2 aromatic carbocycles. The van der Waals surface area contributed by atoms with Crippen LogP contribution in [0.25, 0.3) is 0 Å². The van der Waals surface area contributed by atoms with Crippen LogP contribution in [0.2, 0.25) is 10.0 Å². The van der Waals surface area contributed by atoms with Gasteiger partial charge in [0, 0.05) is 6.54 Å². The number of hydrogen-bond donors (Lipinski definition) is 1. The van der Waals surface area contributed by atoms with Gasteiger partial charge in [-0.25, -0.2) is 0 Å². The molecule has 0 aliphatic heterocycles. The summed E-state index contributed by atoms with van der Waals surface area (Å²) in [7, 11) is 0. The Morgan fingerprint density at radius 1 is 1.11 bits per heavy atom. The minimum atomic E-state index is -0.239. The number of benzene rings is 2. The van der Waals surface area contributed by atoms with Gasteiger partial charge < -0.3 is 10.5 Å². The Bertz CT molecular complexity index is 572. The van der Waals surface area contributed by atoms with E-state index in [1.54, 1.807) is 18.2 Å². The highest BCUT2D eigenvalue weighted by Gasteiger charge is 2.16. The fraction of sp³-hybridized carbons (Fsp3) is 0.200. The van der Waals surface area contributed by atoms with Gasteiger partial charge in [0.15, 0.2) is 0 Å². The molecule has 0 bridgehead atoms. The molecule has 0 fully saturated rings. The van der Waals surface area contributed by atoms with E-state index in [1.807, 2.05) is 31.2 Å². The molecule has 0 aliphatic rings. The lowest BCUT2D eigenvalue weighted by atomic mass is 10.0. The van der Waals surface area contributed by atoms with Crippen molar-refractivity contribution in [3.63, 3.8) is 0 Å². The first-order valence-corrected chi connectivity index (χ1v) is 6.75. The van der Waals surface area contributed by atoms with E-state index in [-0.39, 0.29) is 6.10 Å². The lowest BCUT2D eigenvalue weighted by molar-refractivity contribution is 0.213. The van der Waals surface area contributed by atoms with Crippen molar-refractivity contribution < 1.29 is 4.74 Å². The van der Waals surface area contributed by atoms with Gasteiger partial charge in [-0.15, -0.1) is 0 Å². The predicted molar refractivity (Wildman–Crippen MR) is 80.1 cm³/mol. The molecule has 0 aromatic heterocycles. The van der Waals surface area contributed by atoms with E-state index >= 15 is 0 Å². The molecule has 0 aliphatic carbocycles. The maximum Gasteiger partial charge on any atom is 0.140 e. The van der Waals surface area contributed by atoms with Crippen molar-refractivity contribution in [1.82, 2.24) is 0 Å². The van der Waals surface area contributed by atoms with Crippen LogP contribution >= 0.6 is 23.2 Å². The van der Waals surface area contributed by atoms with Gasteiger partial charge in [0.2, 0.25) is 0 Å². The van der Waals surface area contributed by atoms with Gasteiger partial charge in [0.1, 0.15) is 16.9 Å². The highest BCUT2D eigenvalue weighted by molar-refractivity contribution is 6.42. The van der Waals surface area contributed by atoms with Gasteiger partial charge in [-0.3, -0.25) is 0 Å². The molecular formula is C15H15Cl2NO. The summed E-state index contributed by atoms with van der Waals surface area (Å²) in [6.07, 6.45) is -0.239. The monoisotopic (exact) mass is 295 g/mol. The number of rotatable bonds is 4. The van der Waals surface area contributed by atoms with E-state index in [1.165, 1.54) is 0 Å². The normalized spacial score (nSPS) is 12.2. The Morgan fingerprint density at radius 2 is 1.84 bits per heavy atom. The third-order valence-corrected chi connectivity index (χ3v) is 3.74. The lowest BCUT2D eigenvalue weighted by Crippen LogP contribution is -2.19. The van der Waals surface area contributed by atoms with Gasteiger partial charge in [-0.05, 0) is 30.2 Å². The molecule has 4 heteroatoms. The highest BCUT2D eigenvalue weighted by Crippen LogP contribution is 2.34. The summed E-state index contributed by atoms with van der Waals surface area (Å²) < 4.78 is 5.90. The number of halogens is 2. The molecule has 2 N–H and O–H groups in total. The minimum Gasteiger partial charge on any atom is -0.483 e. The molecule has 2 nitrogen and oxygen atoms in total. The third-order valence-electron chi connectivity index (χ3n) is 2.93. The van der Waals surface area contributed by atoms with Crippen molar-refractivity contribution in [3.8, 4) is 5.75 Å². The number of nitrogens with two attached hydrogens (primary N) is 1. The zero-order valence-electron chi connectivity index (χ0n) is 10.6. The van der Waals surface area contributed by atoms with E-state index < -0.39 is 0 Å². The summed E-state index contributed by atoms with van der Waals surface area (Å²) >= 11 is 12.1. The first-order valence-electron chi connectivity index (χ1n) is 5.99. The lowest BCUT2D eigenvalue weighted by Gasteiger charge is -2.20. The van der Waals surface area contributed by atoms with E-state index in [9.17, 15) is 0 Å². The average molecular weight is 296 g/mol. The summed E-state index contributed by atoms with van der Waals surface area (Å²) in [5, 5.41) is 0.885. The molecule has 1 atom stereocenters. The van der Waals surface area contributed by atoms with Gasteiger partial charge in [0.25, 0.3) is 0 Å². The SMILES string of the molecule is Cc1ccccc1C(CN)Oc1cccc(Cl)c1Cl. The second kappa shape index (κ2) is 6.29. The molecule has 0 spiro atoms. The maximum atomic E-state index is 6.12. The Labute approximate surface area is 123 Å². The van der Waals surface area contributed by atoms with Crippen LogP contribution in [0.5, 0.6) is 5.75 Å². The van der Waals surface area contributed by atoms with Crippen LogP contribution in [0.3, 0.4) is 0 Å². The number of hydrogen-bond acceptors (Lipinski definition) is 2. The molecule has 2 rings (SSSR count). The van der Waals surface area contributed by atoms with Crippen molar-refractivity contribution in [3.05, 3.63) is 63.6 Å². The fourth-order valence-corrected chi connectivity index (χ4v) is 2.25. The second-order valence-corrected chi connectivity index (χ2v) is 5.04. The van der Waals surface area contributed by atoms with Crippen LogP contribution in [-0.2, 0) is 0 Å². The van der Waals surface area contributed by atoms with Gasteiger partial charge in [0.05, 0.1) is 5.02 Å². The molecule has 100 valence electrons. The van der Waals surface area contributed by atoms with Crippen molar-refractivity contribution in [1.29, 1.82) is 0 Å². The largest absolute Gasteiger partial charge is 0.483 e. The molecule has 2 aromatic rings. The smallest absolute Gasteiger partial charge is 0.140 e. The number of ether oxygens (including phenoxy) is 1. The van der Waals surface area contributed by atoms with E-state index in [4.69, 9.17) is 33.7 Å². The fourth-order valence-electron chi connectivity index (χ4n) is 1.91. The van der Waals surface area contributed by atoms with Crippen LogP contribution in [0.4, 0.5) is 0 Å². The molecule has 0 saturated carbocycles. The van der Waals surface area contributed by atoms with E-state index in [0.717, 1.165) is 11.1 Å². The van der Waals surface area contributed by atoms with Crippen LogP contribution < -0.4 is 10.5 Å².